The number of hydrogen-bond donors (Lipinski definition) is 0. The van der Waals surface area contributed by atoms with E-state index < -0.39 is 0 Å². The van der Waals surface area contributed by atoms with Gasteiger partial charge in [-0.3, -0.25) is 9.59 Å². The minimum atomic E-state index is -0.251. The molecule has 1 aromatic carbocycles. The highest BCUT2D eigenvalue weighted by atomic mass is 16.5. The van der Waals surface area contributed by atoms with Crippen LogP contribution in [0, 0.1) is 5.92 Å². The first-order valence-electron chi connectivity index (χ1n) is 5.94. The van der Waals surface area contributed by atoms with Gasteiger partial charge in [-0.1, -0.05) is 30.3 Å². The van der Waals surface area contributed by atoms with Crippen molar-refractivity contribution in [2.45, 2.75) is 32.3 Å². The van der Waals surface area contributed by atoms with Gasteiger partial charge < -0.3 is 4.74 Å². The summed E-state index contributed by atoms with van der Waals surface area (Å²) in [6.07, 6.45) is 1.25. The van der Waals surface area contributed by atoms with Crippen LogP contribution in [0.3, 0.4) is 0 Å². The Morgan fingerprint density at radius 1 is 1.35 bits per heavy atom. The molecule has 0 aromatic heterocycles. The second-order valence-corrected chi connectivity index (χ2v) is 4.47. The molecule has 0 amide bonds. The number of carbonyl (C=O) groups excluding carboxylic acids is 2. The third kappa shape index (κ3) is 2.93. The van der Waals surface area contributed by atoms with E-state index in [1.165, 1.54) is 0 Å². The van der Waals surface area contributed by atoms with Crippen molar-refractivity contribution >= 4 is 11.8 Å². The minimum absolute atomic E-state index is 0.166. The molecule has 3 nitrogen and oxygen atoms in total. The van der Waals surface area contributed by atoms with Gasteiger partial charge in [0.25, 0.3) is 0 Å². The van der Waals surface area contributed by atoms with Crippen LogP contribution >= 0.6 is 0 Å². The molecular formula is C14H16O3. The van der Waals surface area contributed by atoms with Gasteiger partial charge in [0.15, 0.2) is 0 Å². The predicted octanol–water partition coefficient (Wildman–Crippen LogP) is 2.66. The molecule has 1 aliphatic rings. The minimum Gasteiger partial charge on any atom is -0.458 e. The summed E-state index contributed by atoms with van der Waals surface area (Å²) in [4.78, 5) is 22.9. The molecule has 0 spiro atoms. The van der Waals surface area contributed by atoms with Crippen LogP contribution in [-0.4, -0.2) is 11.8 Å². The van der Waals surface area contributed by atoms with Gasteiger partial charge >= 0.3 is 5.97 Å². The van der Waals surface area contributed by atoms with Crippen molar-refractivity contribution in [2.24, 2.45) is 5.92 Å². The van der Waals surface area contributed by atoms with Gasteiger partial charge in [0, 0.05) is 12.8 Å². The number of hydrogen-bond acceptors (Lipinski definition) is 3. The Morgan fingerprint density at radius 2 is 2.06 bits per heavy atom. The fraction of sp³-hybridized carbons (Fsp3) is 0.429. The molecule has 1 aliphatic carbocycles. The van der Waals surface area contributed by atoms with Gasteiger partial charge in [0.05, 0.1) is 5.92 Å². The molecule has 2 atom stereocenters. The maximum Gasteiger partial charge on any atom is 0.309 e. The second-order valence-electron chi connectivity index (χ2n) is 4.47. The summed E-state index contributed by atoms with van der Waals surface area (Å²) in [5.74, 6) is -0.305. The van der Waals surface area contributed by atoms with Crippen LogP contribution in [0.1, 0.15) is 37.9 Å². The fourth-order valence-corrected chi connectivity index (χ4v) is 2.08. The van der Waals surface area contributed by atoms with E-state index in [-0.39, 0.29) is 23.8 Å². The van der Waals surface area contributed by atoms with E-state index >= 15 is 0 Å². The van der Waals surface area contributed by atoms with Crippen molar-refractivity contribution < 1.29 is 14.3 Å². The van der Waals surface area contributed by atoms with Crippen molar-refractivity contribution in [1.29, 1.82) is 0 Å². The molecule has 0 bridgehead atoms. The zero-order valence-electron chi connectivity index (χ0n) is 9.89. The Morgan fingerprint density at radius 3 is 2.65 bits per heavy atom. The Kier molecular flexibility index (Phi) is 3.57. The Hall–Kier alpha value is -1.64. The normalized spacial score (nSPS) is 21.2. The topological polar surface area (TPSA) is 43.4 Å². The lowest BCUT2D eigenvalue weighted by Crippen LogP contribution is -2.17. The zero-order chi connectivity index (χ0) is 12.3. The molecule has 0 saturated heterocycles. The first kappa shape index (κ1) is 11.8. The lowest BCUT2D eigenvalue weighted by atomic mass is 10.1. The molecule has 2 rings (SSSR count). The number of Topliss-reactive ketones (excluding diaryl/α,β-unsaturated/α-hetero) is 1. The fourth-order valence-electron chi connectivity index (χ4n) is 2.08. The van der Waals surface area contributed by atoms with Gasteiger partial charge in [-0.05, 0) is 18.9 Å². The SMILES string of the molecule is C[C@H](OC(=O)C1CCC(=O)C1)c1ccccc1. The van der Waals surface area contributed by atoms with Crippen molar-refractivity contribution in [3.05, 3.63) is 35.9 Å². The second kappa shape index (κ2) is 5.13. The summed E-state index contributed by atoms with van der Waals surface area (Å²) in [5.41, 5.74) is 0.977. The Balaban J connectivity index is 1.93. The van der Waals surface area contributed by atoms with E-state index in [2.05, 4.69) is 0 Å². The number of ketones is 1. The molecular weight excluding hydrogens is 216 g/mol. The highest BCUT2D eigenvalue weighted by molar-refractivity contribution is 5.87. The van der Waals surface area contributed by atoms with Crippen LogP contribution in [0.4, 0.5) is 0 Å². The quantitative estimate of drug-likeness (QED) is 0.752. The third-order valence-corrected chi connectivity index (χ3v) is 3.14. The standard InChI is InChI=1S/C14H16O3/c1-10(11-5-3-2-4-6-11)17-14(16)12-7-8-13(15)9-12/h2-6,10,12H,7-9H2,1H3/t10-,12?/m0/s1. The van der Waals surface area contributed by atoms with Crippen LogP contribution in [-0.2, 0) is 14.3 Å². The molecule has 1 fully saturated rings. The van der Waals surface area contributed by atoms with E-state index in [1.807, 2.05) is 37.3 Å². The lowest BCUT2D eigenvalue weighted by molar-refractivity contribution is -0.153. The smallest absolute Gasteiger partial charge is 0.309 e. The lowest BCUT2D eigenvalue weighted by Gasteiger charge is -2.16. The summed E-state index contributed by atoms with van der Waals surface area (Å²) >= 11 is 0. The number of benzene rings is 1. The average molecular weight is 232 g/mol. The molecule has 0 aliphatic heterocycles. The zero-order valence-corrected chi connectivity index (χ0v) is 9.89. The highest BCUT2D eigenvalue weighted by Crippen LogP contribution is 2.26. The van der Waals surface area contributed by atoms with E-state index in [0.717, 1.165) is 5.56 Å². The number of rotatable bonds is 3. The van der Waals surface area contributed by atoms with Crippen LogP contribution < -0.4 is 0 Å². The van der Waals surface area contributed by atoms with Crippen molar-refractivity contribution in [1.82, 2.24) is 0 Å². The predicted molar refractivity (Wildman–Crippen MR) is 63.3 cm³/mol. The van der Waals surface area contributed by atoms with Gasteiger partial charge in [-0.2, -0.15) is 0 Å². The van der Waals surface area contributed by atoms with E-state index in [1.54, 1.807) is 0 Å². The molecule has 1 unspecified atom stereocenters. The summed E-state index contributed by atoms with van der Waals surface area (Å²) in [6.45, 7) is 1.85. The maximum absolute atomic E-state index is 11.8. The number of esters is 1. The van der Waals surface area contributed by atoms with Crippen LogP contribution in [0.15, 0.2) is 30.3 Å². The van der Waals surface area contributed by atoms with Crippen molar-refractivity contribution in [2.75, 3.05) is 0 Å². The molecule has 0 radical (unpaired) electrons. The summed E-state index contributed by atoms with van der Waals surface area (Å²) in [6, 6.07) is 9.61. The van der Waals surface area contributed by atoms with Crippen LogP contribution in [0.2, 0.25) is 0 Å². The maximum atomic E-state index is 11.8. The van der Waals surface area contributed by atoms with Gasteiger partial charge in [0.1, 0.15) is 11.9 Å². The van der Waals surface area contributed by atoms with Gasteiger partial charge in [0.2, 0.25) is 0 Å². The highest BCUT2D eigenvalue weighted by Gasteiger charge is 2.30. The van der Waals surface area contributed by atoms with Crippen LogP contribution in [0.5, 0.6) is 0 Å². The van der Waals surface area contributed by atoms with Crippen molar-refractivity contribution in [3.8, 4) is 0 Å². The Labute approximate surface area is 101 Å². The van der Waals surface area contributed by atoms with E-state index in [9.17, 15) is 9.59 Å². The van der Waals surface area contributed by atoms with E-state index in [4.69, 9.17) is 4.74 Å². The first-order valence-corrected chi connectivity index (χ1v) is 5.94. The van der Waals surface area contributed by atoms with Crippen LogP contribution in [0.25, 0.3) is 0 Å². The third-order valence-electron chi connectivity index (χ3n) is 3.14. The molecule has 3 heteroatoms. The first-order chi connectivity index (χ1) is 8.16. The summed E-state index contributed by atoms with van der Waals surface area (Å²) < 4.78 is 5.38. The Bertz CT molecular complexity index is 411. The average Bonchev–Trinajstić information content (AvgIpc) is 2.77. The largest absolute Gasteiger partial charge is 0.458 e. The summed E-state index contributed by atoms with van der Waals surface area (Å²) in [5, 5.41) is 0. The molecule has 1 saturated carbocycles. The van der Waals surface area contributed by atoms with Gasteiger partial charge in [-0.25, -0.2) is 0 Å². The van der Waals surface area contributed by atoms with Gasteiger partial charge in [-0.15, -0.1) is 0 Å². The number of ether oxygens (including phenoxy) is 1. The summed E-state index contributed by atoms with van der Waals surface area (Å²) in [7, 11) is 0. The molecule has 0 heterocycles. The monoisotopic (exact) mass is 232 g/mol. The molecule has 0 N–H and O–H groups in total. The van der Waals surface area contributed by atoms with Crippen molar-refractivity contribution in [3.63, 3.8) is 0 Å². The molecule has 1 aromatic rings. The molecule has 17 heavy (non-hydrogen) atoms. The number of carbonyl (C=O) groups is 2. The van der Waals surface area contributed by atoms with E-state index in [0.29, 0.717) is 19.3 Å². The molecule has 90 valence electrons.